The maximum atomic E-state index is 13.0. The molecule has 1 unspecified atom stereocenters. The van der Waals surface area contributed by atoms with Crippen LogP contribution in [0.15, 0.2) is 42.9 Å². The van der Waals surface area contributed by atoms with E-state index in [-0.39, 0.29) is 11.9 Å². The minimum Gasteiger partial charge on any atom is -0.370 e. The number of hydrogen-bond donors (Lipinski definition) is 0. The molecule has 2 fully saturated rings. The molecule has 2 aliphatic heterocycles. The van der Waals surface area contributed by atoms with Crippen LogP contribution in [0.3, 0.4) is 0 Å². The average molecular weight is 362 g/mol. The highest BCUT2D eigenvalue weighted by atomic mass is 16.2. The van der Waals surface area contributed by atoms with Gasteiger partial charge in [-0.1, -0.05) is 5.21 Å². The fourth-order valence-corrected chi connectivity index (χ4v) is 4.26. The van der Waals surface area contributed by atoms with Gasteiger partial charge >= 0.3 is 0 Å². The Kier molecular flexibility index (Phi) is 3.99. The van der Waals surface area contributed by atoms with Crippen molar-refractivity contribution in [3.05, 3.63) is 54.1 Å². The van der Waals surface area contributed by atoms with Gasteiger partial charge in [0.2, 0.25) is 0 Å². The van der Waals surface area contributed by atoms with E-state index in [2.05, 4.69) is 38.5 Å². The lowest BCUT2D eigenvalue weighted by molar-refractivity contribution is 0.0733. The third kappa shape index (κ3) is 2.83. The van der Waals surface area contributed by atoms with E-state index in [9.17, 15) is 4.79 Å². The molecule has 1 atom stereocenters. The SMILES string of the molecule is O=C(c1ccncc1)N1CCCC1c1nnn2cc(N3CCCC3)ccc12. The van der Waals surface area contributed by atoms with Crippen LogP contribution in [0.25, 0.3) is 5.52 Å². The highest BCUT2D eigenvalue weighted by Gasteiger charge is 2.33. The summed E-state index contributed by atoms with van der Waals surface area (Å²) >= 11 is 0. The number of nitrogens with zero attached hydrogens (tertiary/aromatic N) is 6. The molecule has 2 aliphatic rings. The van der Waals surface area contributed by atoms with E-state index in [0.717, 1.165) is 43.7 Å². The fraction of sp³-hybridized carbons (Fsp3) is 0.400. The molecule has 5 heterocycles. The summed E-state index contributed by atoms with van der Waals surface area (Å²) in [7, 11) is 0. The molecule has 3 aromatic rings. The average Bonchev–Trinajstić information content (AvgIpc) is 3.47. The normalized spacial score (nSPS) is 19.9. The van der Waals surface area contributed by atoms with Gasteiger partial charge in [-0.3, -0.25) is 9.78 Å². The molecule has 2 saturated heterocycles. The van der Waals surface area contributed by atoms with Gasteiger partial charge in [0.1, 0.15) is 5.69 Å². The predicted octanol–water partition coefficient (Wildman–Crippen LogP) is 2.70. The van der Waals surface area contributed by atoms with Gasteiger partial charge in [-0.05, 0) is 49.9 Å². The Hall–Kier alpha value is -2.96. The molecule has 7 heteroatoms. The second-order valence-corrected chi connectivity index (χ2v) is 7.28. The smallest absolute Gasteiger partial charge is 0.254 e. The van der Waals surface area contributed by atoms with E-state index in [1.807, 2.05) is 9.42 Å². The highest BCUT2D eigenvalue weighted by Crippen LogP contribution is 2.34. The van der Waals surface area contributed by atoms with Crippen molar-refractivity contribution in [3.8, 4) is 0 Å². The summed E-state index contributed by atoms with van der Waals surface area (Å²) in [5.74, 6) is 0.0368. The van der Waals surface area contributed by atoms with E-state index in [4.69, 9.17) is 0 Å². The Balaban J connectivity index is 1.46. The lowest BCUT2D eigenvalue weighted by atomic mass is 10.1. The van der Waals surface area contributed by atoms with Gasteiger partial charge in [0, 0.05) is 37.6 Å². The summed E-state index contributed by atoms with van der Waals surface area (Å²) in [6.45, 7) is 2.95. The number of fused-ring (bicyclic) bond motifs is 1. The first kappa shape index (κ1) is 16.2. The lowest BCUT2D eigenvalue weighted by Crippen LogP contribution is -2.30. The van der Waals surface area contributed by atoms with Gasteiger partial charge in [0.15, 0.2) is 0 Å². The lowest BCUT2D eigenvalue weighted by Gasteiger charge is -2.23. The van der Waals surface area contributed by atoms with Gasteiger partial charge in [-0.15, -0.1) is 5.10 Å². The first-order chi connectivity index (χ1) is 13.3. The molecule has 27 heavy (non-hydrogen) atoms. The standard InChI is InChI=1S/C20H22N6O/c27-20(15-7-9-21-10-8-15)25-13-3-4-17(25)19-18-6-5-16(14-26(18)23-22-19)24-11-1-2-12-24/h5-10,14,17H,1-4,11-13H2. The molecule has 0 spiro atoms. The number of carbonyl (C=O) groups is 1. The van der Waals surface area contributed by atoms with Crippen molar-refractivity contribution >= 4 is 17.1 Å². The fourth-order valence-electron chi connectivity index (χ4n) is 4.26. The molecule has 3 aromatic heterocycles. The third-order valence-corrected chi connectivity index (χ3v) is 5.65. The summed E-state index contributed by atoms with van der Waals surface area (Å²) < 4.78 is 1.86. The number of amides is 1. The minimum absolute atomic E-state index is 0.0270. The predicted molar refractivity (Wildman–Crippen MR) is 102 cm³/mol. The van der Waals surface area contributed by atoms with Crippen molar-refractivity contribution in [1.29, 1.82) is 0 Å². The number of anilines is 1. The Bertz CT molecular complexity index is 963. The zero-order valence-corrected chi connectivity index (χ0v) is 15.2. The molecule has 0 saturated carbocycles. The summed E-state index contributed by atoms with van der Waals surface area (Å²) in [5.41, 5.74) is 3.73. The van der Waals surface area contributed by atoms with Gasteiger partial charge in [-0.2, -0.15) is 0 Å². The summed E-state index contributed by atoms with van der Waals surface area (Å²) in [4.78, 5) is 21.3. The maximum absolute atomic E-state index is 13.0. The molecular formula is C20H22N6O. The Labute approximate surface area is 157 Å². The van der Waals surface area contributed by atoms with E-state index in [1.165, 1.54) is 18.5 Å². The van der Waals surface area contributed by atoms with Crippen molar-refractivity contribution in [2.75, 3.05) is 24.5 Å². The summed E-state index contributed by atoms with van der Waals surface area (Å²) in [5, 5.41) is 8.81. The monoisotopic (exact) mass is 362 g/mol. The van der Waals surface area contributed by atoms with Crippen LogP contribution in [0.2, 0.25) is 0 Å². The van der Waals surface area contributed by atoms with Gasteiger partial charge in [0.25, 0.3) is 5.91 Å². The number of rotatable bonds is 3. The van der Waals surface area contributed by atoms with E-state index >= 15 is 0 Å². The Morgan fingerprint density at radius 3 is 2.63 bits per heavy atom. The van der Waals surface area contributed by atoms with Gasteiger partial charge < -0.3 is 9.80 Å². The Morgan fingerprint density at radius 2 is 1.81 bits per heavy atom. The summed E-state index contributed by atoms with van der Waals surface area (Å²) in [6.07, 6.45) is 9.76. The summed E-state index contributed by atoms with van der Waals surface area (Å²) in [6, 6.07) is 7.75. The zero-order valence-electron chi connectivity index (χ0n) is 15.2. The molecular weight excluding hydrogens is 340 g/mol. The van der Waals surface area contributed by atoms with Crippen LogP contribution in [0.5, 0.6) is 0 Å². The second-order valence-electron chi connectivity index (χ2n) is 7.28. The van der Waals surface area contributed by atoms with Crippen LogP contribution in [-0.4, -0.2) is 50.3 Å². The van der Waals surface area contributed by atoms with Crippen molar-refractivity contribution in [2.45, 2.75) is 31.7 Å². The highest BCUT2D eigenvalue weighted by molar-refractivity contribution is 5.94. The van der Waals surface area contributed by atoms with Crippen molar-refractivity contribution in [3.63, 3.8) is 0 Å². The van der Waals surface area contributed by atoms with E-state index in [1.54, 1.807) is 24.5 Å². The molecule has 0 aromatic carbocycles. The minimum atomic E-state index is -0.0270. The molecule has 5 rings (SSSR count). The topological polar surface area (TPSA) is 66.6 Å². The first-order valence-electron chi connectivity index (χ1n) is 9.62. The van der Waals surface area contributed by atoms with Crippen LogP contribution in [-0.2, 0) is 0 Å². The molecule has 7 nitrogen and oxygen atoms in total. The van der Waals surface area contributed by atoms with Crippen LogP contribution in [0.4, 0.5) is 5.69 Å². The van der Waals surface area contributed by atoms with Crippen molar-refractivity contribution < 1.29 is 4.79 Å². The van der Waals surface area contributed by atoms with Crippen LogP contribution in [0.1, 0.15) is 47.8 Å². The van der Waals surface area contributed by atoms with Crippen molar-refractivity contribution in [1.82, 2.24) is 24.7 Å². The number of aromatic nitrogens is 4. The zero-order chi connectivity index (χ0) is 18.2. The molecule has 0 N–H and O–H groups in total. The van der Waals surface area contributed by atoms with E-state index in [0.29, 0.717) is 5.56 Å². The van der Waals surface area contributed by atoms with Gasteiger partial charge in [0.05, 0.1) is 23.4 Å². The number of likely N-dealkylation sites (tertiary alicyclic amines) is 1. The molecule has 138 valence electrons. The molecule has 0 aliphatic carbocycles. The number of carbonyl (C=O) groups excluding carboxylic acids is 1. The van der Waals surface area contributed by atoms with Crippen LogP contribution < -0.4 is 4.90 Å². The quantitative estimate of drug-likeness (QED) is 0.717. The Morgan fingerprint density at radius 1 is 1.00 bits per heavy atom. The van der Waals surface area contributed by atoms with Gasteiger partial charge in [-0.25, -0.2) is 4.52 Å². The number of pyridine rings is 2. The second kappa shape index (κ2) is 6.64. The van der Waals surface area contributed by atoms with Crippen LogP contribution >= 0.6 is 0 Å². The van der Waals surface area contributed by atoms with Crippen molar-refractivity contribution in [2.24, 2.45) is 0 Å². The van der Waals surface area contributed by atoms with E-state index < -0.39 is 0 Å². The molecule has 0 radical (unpaired) electrons. The first-order valence-corrected chi connectivity index (χ1v) is 9.62. The maximum Gasteiger partial charge on any atom is 0.254 e. The number of hydrogen-bond acceptors (Lipinski definition) is 5. The molecule has 0 bridgehead atoms. The molecule has 1 amide bonds. The van der Waals surface area contributed by atoms with Crippen LogP contribution in [0, 0.1) is 0 Å². The third-order valence-electron chi connectivity index (χ3n) is 5.65. The largest absolute Gasteiger partial charge is 0.370 e.